The fourth-order valence-electron chi connectivity index (χ4n) is 3.86. The SMILES string of the molecule is CCN(CC)CC1(COc2ccc3[nH]c(-c4ccc(C(N)=O)[nH]c4=O)cc3c2)CC1. The van der Waals surface area contributed by atoms with Gasteiger partial charge in [-0.15, -0.1) is 0 Å². The molecule has 4 N–H and O–H groups in total. The number of aromatic amines is 2. The number of hydrogen-bond donors (Lipinski definition) is 3. The number of nitrogens with zero attached hydrogens (tertiary/aromatic N) is 1. The monoisotopic (exact) mass is 408 g/mol. The van der Waals surface area contributed by atoms with Crippen LogP contribution in [0, 0.1) is 5.41 Å². The van der Waals surface area contributed by atoms with Crippen LogP contribution in [0.5, 0.6) is 5.75 Å². The predicted molar refractivity (Wildman–Crippen MR) is 118 cm³/mol. The van der Waals surface area contributed by atoms with Gasteiger partial charge in [0, 0.05) is 22.9 Å². The number of carbonyl (C=O) groups is 1. The Morgan fingerprint density at radius 2 is 1.90 bits per heavy atom. The Morgan fingerprint density at radius 3 is 2.53 bits per heavy atom. The minimum atomic E-state index is -0.661. The molecule has 1 aliphatic carbocycles. The van der Waals surface area contributed by atoms with Crippen LogP contribution in [0.2, 0.25) is 0 Å². The van der Waals surface area contributed by atoms with E-state index in [-0.39, 0.29) is 16.7 Å². The molecule has 2 aromatic heterocycles. The van der Waals surface area contributed by atoms with Crippen LogP contribution in [0.15, 0.2) is 41.2 Å². The van der Waals surface area contributed by atoms with Crippen LogP contribution in [-0.2, 0) is 0 Å². The fraction of sp³-hybridized carbons (Fsp3) is 0.391. The molecule has 30 heavy (non-hydrogen) atoms. The standard InChI is InChI=1S/C23H28N4O3/c1-3-27(4-2)13-23(9-10-23)14-30-16-5-7-18-15(11-16)12-20(25-18)17-6-8-19(21(24)28)26-22(17)29/h5-8,11-12,25H,3-4,9-10,13-14H2,1-2H3,(H2,24,28)(H,26,29). The van der Waals surface area contributed by atoms with Gasteiger partial charge in [0.25, 0.3) is 11.5 Å². The molecule has 2 heterocycles. The molecule has 0 radical (unpaired) electrons. The topological polar surface area (TPSA) is 104 Å². The quantitative estimate of drug-likeness (QED) is 0.506. The second-order valence-corrected chi connectivity index (χ2v) is 8.16. The molecule has 1 fully saturated rings. The number of fused-ring (bicyclic) bond motifs is 1. The number of carbonyl (C=O) groups excluding carboxylic acids is 1. The molecule has 0 saturated heterocycles. The lowest BCUT2D eigenvalue weighted by atomic mass is 10.1. The van der Waals surface area contributed by atoms with E-state index in [2.05, 4.69) is 28.7 Å². The first kappa shape index (κ1) is 20.2. The summed E-state index contributed by atoms with van der Waals surface area (Å²) in [6.07, 6.45) is 2.42. The molecule has 1 amide bonds. The summed E-state index contributed by atoms with van der Waals surface area (Å²) in [6.45, 7) is 8.33. The van der Waals surface area contributed by atoms with Gasteiger partial charge in [-0.3, -0.25) is 9.59 Å². The normalized spacial score (nSPS) is 14.9. The van der Waals surface area contributed by atoms with Gasteiger partial charge in [0.2, 0.25) is 0 Å². The molecule has 4 rings (SSSR count). The molecular formula is C23H28N4O3. The molecule has 1 saturated carbocycles. The van der Waals surface area contributed by atoms with E-state index < -0.39 is 5.91 Å². The first-order valence-corrected chi connectivity index (χ1v) is 10.4. The average molecular weight is 409 g/mol. The fourth-order valence-corrected chi connectivity index (χ4v) is 3.86. The van der Waals surface area contributed by atoms with Crippen molar-refractivity contribution in [3.63, 3.8) is 0 Å². The van der Waals surface area contributed by atoms with Gasteiger partial charge in [-0.2, -0.15) is 0 Å². The number of nitrogens with one attached hydrogen (secondary N) is 2. The Bertz CT molecular complexity index is 1120. The smallest absolute Gasteiger partial charge is 0.265 e. The highest BCUT2D eigenvalue weighted by Gasteiger charge is 2.44. The number of H-pyrrole nitrogens is 2. The molecule has 0 unspecified atom stereocenters. The summed E-state index contributed by atoms with van der Waals surface area (Å²) >= 11 is 0. The maximum atomic E-state index is 12.3. The molecule has 7 nitrogen and oxygen atoms in total. The minimum Gasteiger partial charge on any atom is -0.493 e. The van der Waals surface area contributed by atoms with Gasteiger partial charge >= 0.3 is 0 Å². The van der Waals surface area contributed by atoms with Crippen LogP contribution in [0.3, 0.4) is 0 Å². The van der Waals surface area contributed by atoms with Gasteiger partial charge < -0.3 is 25.3 Å². The van der Waals surface area contributed by atoms with E-state index in [9.17, 15) is 9.59 Å². The Hall–Kier alpha value is -3.06. The van der Waals surface area contributed by atoms with Gasteiger partial charge in [-0.25, -0.2) is 0 Å². The zero-order valence-corrected chi connectivity index (χ0v) is 17.5. The van der Waals surface area contributed by atoms with Crippen LogP contribution < -0.4 is 16.0 Å². The second kappa shape index (κ2) is 7.99. The van der Waals surface area contributed by atoms with Crippen LogP contribution in [0.4, 0.5) is 0 Å². The maximum absolute atomic E-state index is 12.3. The average Bonchev–Trinajstić information content (AvgIpc) is 3.38. The maximum Gasteiger partial charge on any atom is 0.265 e. The van der Waals surface area contributed by atoms with Gasteiger partial charge in [0.15, 0.2) is 0 Å². The highest BCUT2D eigenvalue weighted by molar-refractivity contribution is 5.91. The molecule has 0 aliphatic heterocycles. The first-order valence-electron chi connectivity index (χ1n) is 10.4. The number of benzene rings is 1. The van der Waals surface area contributed by atoms with E-state index in [4.69, 9.17) is 10.5 Å². The molecule has 158 valence electrons. The zero-order valence-electron chi connectivity index (χ0n) is 17.5. The Labute approximate surface area is 175 Å². The Balaban J connectivity index is 1.51. The summed E-state index contributed by atoms with van der Waals surface area (Å²) in [5.41, 5.74) is 7.28. The number of amides is 1. The number of rotatable bonds is 9. The summed E-state index contributed by atoms with van der Waals surface area (Å²) in [5, 5.41) is 0.967. The lowest BCUT2D eigenvalue weighted by molar-refractivity contribution is 0.0995. The van der Waals surface area contributed by atoms with E-state index in [0.717, 1.165) is 42.9 Å². The van der Waals surface area contributed by atoms with Crippen molar-refractivity contribution in [3.8, 4) is 17.0 Å². The van der Waals surface area contributed by atoms with Gasteiger partial charge in [-0.05, 0) is 62.3 Å². The van der Waals surface area contributed by atoms with Crippen molar-refractivity contribution in [2.45, 2.75) is 26.7 Å². The molecule has 0 atom stereocenters. The van der Waals surface area contributed by atoms with Crippen LogP contribution in [-0.4, -0.2) is 47.0 Å². The Kier molecular flexibility index (Phi) is 5.39. The van der Waals surface area contributed by atoms with Crippen LogP contribution in [0.25, 0.3) is 22.2 Å². The predicted octanol–water partition coefficient (Wildman–Crippen LogP) is 3.12. The number of aromatic nitrogens is 2. The number of ether oxygens (including phenoxy) is 1. The number of pyridine rings is 1. The number of nitrogens with two attached hydrogens (primary N) is 1. The van der Waals surface area contributed by atoms with Crippen molar-refractivity contribution in [3.05, 3.63) is 52.4 Å². The second-order valence-electron chi connectivity index (χ2n) is 8.16. The summed E-state index contributed by atoms with van der Waals surface area (Å²) in [5.74, 6) is 0.170. The third kappa shape index (κ3) is 4.11. The molecule has 1 aromatic carbocycles. The highest BCUT2D eigenvalue weighted by atomic mass is 16.5. The van der Waals surface area contributed by atoms with Crippen LogP contribution in [0.1, 0.15) is 37.2 Å². The largest absolute Gasteiger partial charge is 0.493 e. The van der Waals surface area contributed by atoms with Gasteiger partial charge in [0.1, 0.15) is 11.4 Å². The van der Waals surface area contributed by atoms with Crippen molar-refractivity contribution in [2.24, 2.45) is 11.1 Å². The van der Waals surface area contributed by atoms with Crippen molar-refractivity contribution < 1.29 is 9.53 Å². The number of primary amides is 1. The summed E-state index contributed by atoms with van der Waals surface area (Å²) in [4.78, 5) is 31.8. The summed E-state index contributed by atoms with van der Waals surface area (Å²) in [7, 11) is 0. The third-order valence-electron chi connectivity index (χ3n) is 6.01. The first-order chi connectivity index (χ1) is 14.4. The van der Waals surface area contributed by atoms with Gasteiger partial charge in [0.05, 0.1) is 17.9 Å². The lowest BCUT2D eigenvalue weighted by Crippen LogP contribution is -2.33. The van der Waals surface area contributed by atoms with Crippen molar-refractivity contribution in [1.29, 1.82) is 0 Å². The van der Waals surface area contributed by atoms with E-state index in [0.29, 0.717) is 11.3 Å². The minimum absolute atomic E-state index is 0.0919. The molecule has 7 heteroatoms. The van der Waals surface area contributed by atoms with E-state index in [1.165, 1.54) is 18.9 Å². The van der Waals surface area contributed by atoms with Crippen LogP contribution >= 0.6 is 0 Å². The zero-order chi connectivity index (χ0) is 21.3. The molecule has 1 aliphatic rings. The van der Waals surface area contributed by atoms with E-state index >= 15 is 0 Å². The molecular weight excluding hydrogens is 380 g/mol. The molecule has 3 aromatic rings. The summed E-state index contributed by atoms with van der Waals surface area (Å²) in [6, 6.07) is 10.9. The number of hydrogen-bond acceptors (Lipinski definition) is 4. The van der Waals surface area contributed by atoms with E-state index in [1.54, 1.807) is 6.07 Å². The Morgan fingerprint density at radius 1 is 1.13 bits per heavy atom. The van der Waals surface area contributed by atoms with Crippen molar-refractivity contribution in [1.82, 2.24) is 14.9 Å². The van der Waals surface area contributed by atoms with Crippen molar-refractivity contribution in [2.75, 3.05) is 26.2 Å². The lowest BCUT2D eigenvalue weighted by Gasteiger charge is -2.25. The summed E-state index contributed by atoms with van der Waals surface area (Å²) < 4.78 is 6.15. The van der Waals surface area contributed by atoms with Gasteiger partial charge in [-0.1, -0.05) is 13.8 Å². The molecule has 0 bridgehead atoms. The van der Waals surface area contributed by atoms with Crippen molar-refractivity contribution >= 4 is 16.8 Å². The highest BCUT2D eigenvalue weighted by Crippen LogP contribution is 2.46. The van der Waals surface area contributed by atoms with E-state index in [1.807, 2.05) is 24.3 Å². The third-order valence-corrected chi connectivity index (χ3v) is 6.01. The molecule has 0 spiro atoms.